The van der Waals surface area contributed by atoms with E-state index in [1.54, 1.807) is 0 Å². The van der Waals surface area contributed by atoms with Gasteiger partial charge < -0.3 is 16.0 Å². The molecule has 1 heterocycles. The largest absolute Gasteiger partial charge is 0.382 e. The molecule has 114 valence electrons. The molecule has 0 bridgehead atoms. The van der Waals surface area contributed by atoms with Crippen LogP contribution in [0.3, 0.4) is 0 Å². The van der Waals surface area contributed by atoms with Crippen molar-refractivity contribution in [3.05, 3.63) is 4.88 Å². The Kier molecular flexibility index (Phi) is 7.36. The van der Waals surface area contributed by atoms with Crippen LogP contribution in [0.25, 0.3) is 0 Å². The molecule has 3 N–H and O–H groups in total. The van der Waals surface area contributed by atoms with Gasteiger partial charge in [0.2, 0.25) is 0 Å². The van der Waals surface area contributed by atoms with Gasteiger partial charge in [-0.05, 0) is 12.8 Å². The van der Waals surface area contributed by atoms with Crippen LogP contribution in [0, 0.1) is 0 Å². The molecule has 0 aromatic carbocycles. The van der Waals surface area contributed by atoms with Gasteiger partial charge in [-0.3, -0.25) is 4.79 Å². The van der Waals surface area contributed by atoms with Crippen molar-refractivity contribution in [2.75, 3.05) is 30.8 Å². The van der Waals surface area contributed by atoms with E-state index in [1.165, 1.54) is 24.2 Å². The summed E-state index contributed by atoms with van der Waals surface area (Å²) in [4.78, 5) is 18.9. The van der Waals surface area contributed by atoms with Crippen molar-refractivity contribution in [1.82, 2.24) is 10.3 Å². The number of unbranched alkanes of at least 4 members (excludes halogenated alkanes) is 3. The summed E-state index contributed by atoms with van der Waals surface area (Å²) in [6.45, 7) is 5.89. The summed E-state index contributed by atoms with van der Waals surface area (Å²) in [5.74, 6) is 0.228. The zero-order valence-corrected chi connectivity index (χ0v) is 13.6. The molecule has 5 nitrogen and oxygen atoms in total. The number of hydrogen-bond donors (Lipinski definition) is 2. The van der Waals surface area contributed by atoms with Crippen LogP contribution < -0.4 is 16.0 Å². The van der Waals surface area contributed by atoms with E-state index >= 15 is 0 Å². The molecule has 0 saturated carbocycles. The van der Waals surface area contributed by atoms with E-state index in [2.05, 4.69) is 24.1 Å². The standard InChI is InChI=1S/C14H26N4OS/c1-4-6-7-8-9-16-13(19)11-12(15)17-14(20-11)18(3)10-5-2/h4-10,15H2,1-3H3,(H,16,19). The first-order valence-electron chi connectivity index (χ1n) is 7.35. The normalized spacial score (nSPS) is 10.6. The Morgan fingerprint density at radius 3 is 2.70 bits per heavy atom. The first-order chi connectivity index (χ1) is 9.60. The number of hydrogen-bond acceptors (Lipinski definition) is 5. The topological polar surface area (TPSA) is 71.2 Å². The molecule has 6 heteroatoms. The lowest BCUT2D eigenvalue weighted by Gasteiger charge is -2.13. The first kappa shape index (κ1) is 16.8. The highest BCUT2D eigenvalue weighted by Gasteiger charge is 2.17. The van der Waals surface area contributed by atoms with Crippen molar-refractivity contribution in [2.45, 2.75) is 46.0 Å². The number of carbonyl (C=O) groups is 1. The van der Waals surface area contributed by atoms with Gasteiger partial charge >= 0.3 is 0 Å². The molecule has 0 saturated heterocycles. The highest BCUT2D eigenvalue weighted by Crippen LogP contribution is 2.27. The van der Waals surface area contributed by atoms with Gasteiger partial charge in [0, 0.05) is 20.1 Å². The van der Waals surface area contributed by atoms with Crippen LogP contribution in [0.15, 0.2) is 0 Å². The van der Waals surface area contributed by atoms with Gasteiger partial charge in [-0.15, -0.1) is 0 Å². The number of rotatable bonds is 9. The van der Waals surface area contributed by atoms with E-state index in [4.69, 9.17) is 5.73 Å². The number of carbonyl (C=O) groups excluding carboxylic acids is 1. The van der Waals surface area contributed by atoms with Crippen LogP contribution >= 0.6 is 11.3 Å². The number of thiazole rings is 1. The van der Waals surface area contributed by atoms with Gasteiger partial charge in [0.05, 0.1) is 0 Å². The van der Waals surface area contributed by atoms with Gasteiger partial charge in [0.25, 0.3) is 5.91 Å². The van der Waals surface area contributed by atoms with Crippen molar-refractivity contribution in [3.63, 3.8) is 0 Å². The Morgan fingerprint density at radius 2 is 2.05 bits per heavy atom. The first-order valence-corrected chi connectivity index (χ1v) is 8.17. The molecule has 0 aliphatic rings. The molecule has 0 fully saturated rings. The Labute approximate surface area is 125 Å². The lowest BCUT2D eigenvalue weighted by atomic mass is 10.2. The fourth-order valence-corrected chi connectivity index (χ4v) is 2.80. The third-order valence-corrected chi connectivity index (χ3v) is 4.23. The monoisotopic (exact) mass is 298 g/mol. The Morgan fingerprint density at radius 1 is 1.30 bits per heavy atom. The smallest absolute Gasteiger partial charge is 0.265 e. The molecular weight excluding hydrogens is 272 g/mol. The molecule has 0 radical (unpaired) electrons. The molecule has 1 aromatic heterocycles. The van der Waals surface area contributed by atoms with E-state index in [0.29, 0.717) is 17.2 Å². The summed E-state index contributed by atoms with van der Waals surface area (Å²) in [5, 5.41) is 3.72. The molecule has 0 aliphatic heterocycles. The molecular formula is C14H26N4OS. The highest BCUT2D eigenvalue weighted by atomic mass is 32.1. The second-order valence-corrected chi connectivity index (χ2v) is 5.93. The van der Waals surface area contributed by atoms with E-state index in [-0.39, 0.29) is 5.91 Å². The lowest BCUT2D eigenvalue weighted by molar-refractivity contribution is 0.0957. The minimum absolute atomic E-state index is 0.104. The summed E-state index contributed by atoms with van der Waals surface area (Å²) in [6, 6.07) is 0. The van der Waals surface area contributed by atoms with Gasteiger partial charge in [-0.1, -0.05) is 44.4 Å². The van der Waals surface area contributed by atoms with Crippen molar-refractivity contribution in [3.8, 4) is 0 Å². The predicted molar refractivity (Wildman–Crippen MR) is 86.6 cm³/mol. The average molecular weight is 298 g/mol. The second-order valence-electron chi connectivity index (χ2n) is 4.95. The number of anilines is 2. The zero-order valence-electron chi connectivity index (χ0n) is 12.7. The third kappa shape index (κ3) is 5.00. The molecule has 0 atom stereocenters. The number of nitrogens with two attached hydrogens (primary N) is 1. The lowest BCUT2D eigenvalue weighted by Crippen LogP contribution is -2.24. The summed E-state index contributed by atoms with van der Waals surface area (Å²) >= 11 is 1.36. The van der Waals surface area contributed by atoms with Crippen molar-refractivity contribution in [2.24, 2.45) is 0 Å². The maximum Gasteiger partial charge on any atom is 0.265 e. The second kappa shape index (κ2) is 8.79. The van der Waals surface area contributed by atoms with Crippen LogP contribution in [-0.4, -0.2) is 31.0 Å². The van der Waals surface area contributed by atoms with E-state index in [1.807, 2.05) is 11.9 Å². The maximum absolute atomic E-state index is 12.1. The zero-order chi connectivity index (χ0) is 15.0. The van der Waals surface area contributed by atoms with Gasteiger partial charge in [-0.2, -0.15) is 0 Å². The fourth-order valence-electron chi connectivity index (χ4n) is 1.91. The van der Waals surface area contributed by atoms with Crippen molar-refractivity contribution in [1.29, 1.82) is 0 Å². The van der Waals surface area contributed by atoms with E-state index < -0.39 is 0 Å². The predicted octanol–water partition coefficient (Wildman–Crippen LogP) is 2.88. The number of nitrogens with zero attached hydrogens (tertiary/aromatic N) is 2. The van der Waals surface area contributed by atoms with Crippen LogP contribution in [0.1, 0.15) is 55.6 Å². The molecule has 1 amide bonds. The van der Waals surface area contributed by atoms with Gasteiger partial charge in [-0.25, -0.2) is 4.98 Å². The van der Waals surface area contributed by atoms with E-state index in [9.17, 15) is 4.79 Å². The van der Waals surface area contributed by atoms with Crippen LogP contribution in [0.4, 0.5) is 10.9 Å². The highest BCUT2D eigenvalue weighted by molar-refractivity contribution is 7.18. The average Bonchev–Trinajstić information content (AvgIpc) is 2.81. The van der Waals surface area contributed by atoms with Gasteiger partial charge in [0.1, 0.15) is 10.7 Å². The summed E-state index contributed by atoms with van der Waals surface area (Å²) in [5.41, 5.74) is 5.84. The summed E-state index contributed by atoms with van der Waals surface area (Å²) in [6.07, 6.45) is 5.61. The number of nitrogen functional groups attached to an aromatic ring is 1. The van der Waals surface area contributed by atoms with Crippen LogP contribution in [-0.2, 0) is 0 Å². The Bertz CT molecular complexity index is 419. The fraction of sp³-hybridized carbons (Fsp3) is 0.714. The minimum atomic E-state index is -0.104. The number of amides is 1. The SMILES string of the molecule is CCCCCCNC(=O)c1sc(N(C)CCC)nc1N. The summed E-state index contributed by atoms with van der Waals surface area (Å²) < 4.78 is 0. The van der Waals surface area contributed by atoms with E-state index in [0.717, 1.165) is 30.9 Å². The molecule has 20 heavy (non-hydrogen) atoms. The molecule has 0 unspecified atom stereocenters. The quantitative estimate of drug-likeness (QED) is 0.688. The Hall–Kier alpha value is -1.30. The number of nitrogens with one attached hydrogen (secondary N) is 1. The molecule has 0 aliphatic carbocycles. The minimum Gasteiger partial charge on any atom is -0.382 e. The maximum atomic E-state index is 12.1. The van der Waals surface area contributed by atoms with Crippen LogP contribution in [0.2, 0.25) is 0 Å². The third-order valence-electron chi connectivity index (χ3n) is 3.05. The number of aromatic nitrogens is 1. The summed E-state index contributed by atoms with van der Waals surface area (Å²) in [7, 11) is 1.97. The molecule has 1 rings (SSSR count). The van der Waals surface area contributed by atoms with Crippen molar-refractivity contribution < 1.29 is 4.79 Å². The van der Waals surface area contributed by atoms with Crippen LogP contribution in [0.5, 0.6) is 0 Å². The van der Waals surface area contributed by atoms with Gasteiger partial charge in [0.15, 0.2) is 5.13 Å². The Balaban J connectivity index is 2.51. The van der Waals surface area contributed by atoms with Crippen molar-refractivity contribution >= 4 is 28.2 Å². The molecule has 0 spiro atoms. The molecule has 1 aromatic rings.